The number of amides is 1. The van der Waals surface area contributed by atoms with Crippen LogP contribution in [0.5, 0.6) is 5.75 Å². The first-order chi connectivity index (χ1) is 12.7. The molecule has 0 bridgehead atoms. The van der Waals surface area contributed by atoms with Crippen LogP contribution in [-0.2, 0) is 11.2 Å². The lowest BCUT2D eigenvalue weighted by Crippen LogP contribution is -2.12. The molecule has 0 atom stereocenters. The fraction of sp³-hybridized carbons (Fsp3) is 0.150. The average Bonchev–Trinajstić information content (AvgIpc) is 2.79. The molecule has 0 radical (unpaired) electrons. The first kappa shape index (κ1) is 16.1. The molecule has 1 aliphatic heterocycles. The predicted octanol–water partition coefficient (Wildman–Crippen LogP) is 3.78. The minimum Gasteiger partial charge on any atom is -0.494 e. The summed E-state index contributed by atoms with van der Waals surface area (Å²) in [6.45, 7) is 2.58. The van der Waals surface area contributed by atoms with Crippen molar-refractivity contribution in [2.24, 2.45) is 0 Å². The van der Waals surface area contributed by atoms with Gasteiger partial charge in [0.15, 0.2) is 0 Å². The summed E-state index contributed by atoms with van der Waals surface area (Å²) in [4.78, 5) is 21.1. The lowest BCUT2D eigenvalue weighted by Gasteiger charge is -2.11. The second kappa shape index (κ2) is 6.84. The van der Waals surface area contributed by atoms with Gasteiger partial charge in [0, 0.05) is 23.0 Å². The summed E-state index contributed by atoms with van der Waals surface area (Å²) in [6.07, 6.45) is 1.97. The van der Waals surface area contributed by atoms with Crippen molar-refractivity contribution >= 4 is 23.2 Å². The highest BCUT2D eigenvalue weighted by Crippen LogP contribution is 2.32. The highest BCUT2D eigenvalue weighted by atomic mass is 16.5. The Morgan fingerprint density at radius 2 is 1.96 bits per heavy atom. The van der Waals surface area contributed by atoms with E-state index in [9.17, 15) is 4.79 Å². The molecule has 2 aromatic carbocycles. The number of para-hydroxylation sites is 1. The minimum atomic E-state index is -0.0629. The van der Waals surface area contributed by atoms with Gasteiger partial charge in [-0.15, -0.1) is 0 Å². The van der Waals surface area contributed by atoms with Crippen LogP contribution < -0.4 is 15.4 Å². The van der Waals surface area contributed by atoms with Gasteiger partial charge in [-0.1, -0.05) is 18.2 Å². The molecule has 0 saturated carbocycles. The van der Waals surface area contributed by atoms with E-state index in [1.54, 1.807) is 6.20 Å². The molecule has 0 spiro atoms. The summed E-state index contributed by atoms with van der Waals surface area (Å²) in [6, 6.07) is 15.3. The van der Waals surface area contributed by atoms with Crippen molar-refractivity contribution in [3.8, 4) is 17.0 Å². The number of anilines is 3. The van der Waals surface area contributed by atoms with E-state index < -0.39 is 0 Å². The summed E-state index contributed by atoms with van der Waals surface area (Å²) < 4.78 is 5.45. The van der Waals surface area contributed by atoms with Crippen molar-refractivity contribution in [1.29, 1.82) is 0 Å². The van der Waals surface area contributed by atoms with Crippen LogP contribution in [0, 0.1) is 0 Å². The number of rotatable bonds is 4. The van der Waals surface area contributed by atoms with Gasteiger partial charge in [0.05, 0.1) is 24.4 Å². The molecule has 0 aliphatic carbocycles. The molecule has 1 aromatic heterocycles. The number of hydrogen-bond donors (Lipinski definition) is 2. The Balaban J connectivity index is 1.67. The minimum absolute atomic E-state index is 0.0629. The zero-order chi connectivity index (χ0) is 17.9. The Bertz CT molecular complexity index is 954. The topological polar surface area (TPSA) is 76.1 Å². The summed E-state index contributed by atoms with van der Waals surface area (Å²) in [7, 11) is 0. The molecule has 1 aliphatic rings. The van der Waals surface area contributed by atoms with Crippen LogP contribution in [0.3, 0.4) is 0 Å². The molecule has 4 rings (SSSR count). The van der Waals surface area contributed by atoms with Crippen molar-refractivity contribution < 1.29 is 9.53 Å². The Labute approximate surface area is 151 Å². The van der Waals surface area contributed by atoms with Crippen molar-refractivity contribution in [3.63, 3.8) is 0 Å². The number of carbonyl (C=O) groups is 1. The number of hydrogen-bond acceptors (Lipinski definition) is 5. The van der Waals surface area contributed by atoms with E-state index in [2.05, 4.69) is 20.6 Å². The summed E-state index contributed by atoms with van der Waals surface area (Å²) in [5, 5.41) is 6.12. The summed E-state index contributed by atoms with van der Waals surface area (Å²) in [5.41, 5.74) is 4.10. The third-order valence-corrected chi connectivity index (χ3v) is 4.09. The molecule has 0 saturated heterocycles. The third kappa shape index (κ3) is 3.21. The lowest BCUT2D eigenvalue weighted by molar-refractivity contribution is -0.115. The maximum absolute atomic E-state index is 12.1. The molecule has 130 valence electrons. The highest BCUT2D eigenvalue weighted by molar-refractivity contribution is 5.99. The van der Waals surface area contributed by atoms with Crippen LogP contribution >= 0.6 is 0 Å². The molecule has 26 heavy (non-hydrogen) atoms. The maximum Gasteiger partial charge on any atom is 0.228 e. The van der Waals surface area contributed by atoms with Crippen molar-refractivity contribution in [2.45, 2.75) is 13.3 Å². The molecule has 3 aromatic rings. The van der Waals surface area contributed by atoms with Crippen LogP contribution in [0.15, 0.2) is 54.7 Å². The zero-order valence-electron chi connectivity index (χ0n) is 14.3. The van der Waals surface area contributed by atoms with Crippen LogP contribution in [0.2, 0.25) is 0 Å². The predicted molar refractivity (Wildman–Crippen MR) is 101 cm³/mol. The van der Waals surface area contributed by atoms with Crippen molar-refractivity contribution in [1.82, 2.24) is 9.97 Å². The van der Waals surface area contributed by atoms with Gasteiger partial charge in [-0.05, 0) is 37.3 Å². The number of carbonyl (C=O) groups excluding carboxylic acids is 1. The van der Waals surface area contributed by atoms with Crippen LogP contribution in [-0.4, -0.2) is 22.5 Å². The molecule has 0 unspecified atom stereocenters. The van der Waals surface area contributed by atoms with E-state index in [-0.39, 0.29) is 12.3 Å². The third-order valence-electron chi connectivity index (χ3n) is 4.09. The molecule has 2 N–H and O–H groups in total. The van der Waals surface area contributed by atoms with Crippen LogP contribution in [0.1, 0.15) is 12.5 Å². The number of ether oxygens (including phenoxy) is 1. The van der Waals surface area contributed by atoms with E-state index >= 15 is 0 Å². The van der Waals surface area contributed by atoms with E-state index in [1.165, 1.54) is 0 Å². The van der Waals surface area contributed by atoms with Gasteiger partial charge in [-0.25, -0.2) is 9.97 Å². The van der Waals surface area contributed by atoms with Gasteiger partial charge in [0.25, 0.3) is 0 Å². The van der Waals surface area contributed by atoms with Gasteiger partial charge in [-0.3, -0.25) is 4.79 Å². The van der Waals surface area contributed by atoms with Gasteiger partial charge < -0.3 is 15.4 Å². The Morgan fingerprint density at radius 3 is 2.77 bits per heavy atom. The first-order valence-electron chi connectivity index (χ1n) is 8.48. The quantitative estimate of drug-likeness (QED) is 0.752. The van der Waals surface area contributed by atoms with E-state index in [0.29, 0.717) is 12.6 Å². The van der Waals surface area contributed by atoms with Crippen LogP contribution in [0.4, 0.5) is 17.3 Å². The standard InChI is InChI=1S/C20H18N4O2/c1-2-26-15-9-7-14(8-10-15)22-20-21-12-13-11-18(25)23-17-6-4-3-5-16(17)19(13)24-20/h3-10,12H,2,11H2,1H3,(H,23,25)(H,21,22,24). The van der Waals surface area contributed by atoms with E-state index in [4.69, 9.17) is 4.74 Å². The number of fused-ring (bicyclic) bond motifs is 3. The van der Waals surface area contributed by atoms with Gasteiger partial charge in [0.2, 0.25) is 11.9 Å². The second-order valence-corrected chi connectivity index (χ2v) is 5.92. The van der Waals surface area contributed by atoms with Gasteiger partial charge >= 0.3 is 0 Å². The number of aromatic nitrogens is 2. The lowest BCUT2D eigenvalue weighted by atomic mass is 10.1. The van der Waals surface area contributed by atoms with E-state index in [1.807, 2.05) is 55.5 Å². The Hall–Kier alpha value is -3.41. The van der Waals surface area contributed by atoms with Crippen molar-refractivity contribution in [2.75, 3.05) is 17.2 Å². The average molecular weight is 346 g/mol. The maximum atomic E-state index is 12.1. The van der Waals surface area contributed by atoms with E-state index in [0.717, 1.165) is 33.9 Å². The zero-order valence-corrected chi connectivity index (χ0v) is 14.3. The molecule has 1 amide bonds. The molecule has 6 nitrogen and oxygen atoms in total. The highest BCUT2D eigenvalue weighted by Gasteiger charge is 2.20. The number of benzene rings is 2. The largest absolute Gasteiger partial charge is 0.494 e. The second-order valence-electron chi connectivity index (χ2n) is 5.92. The molecule has 6 heteroatoms. The fourth-order valence-corrected chi connectivity index (χ4v) is 2.93. The van der Waals surface area contributed by atoms with Crippen LogP contribution in [0.25, 0.3) is 11.3 Å². The summed E-state index contributed by atoms with van der Waals surface area (Å²) in [5.74, 6) is 1.24. The van der Waals surface area contributed by atoms with Crippen molar-refractivity contribution in [3.05, 3.63) is 60.3 Å². The molecular formula is C20H18N4O2. The smallest absolute Gasteiger partial charge is 0.228 e. The monoisotopic (exact) mass is 346 g/mol. The summed E-state index contributed by atoms with van der Waals surface area (Å²) >= 11 is 0. The van der Waals surface area contributed by atoms with Gasteiger partial charge in [0.1, 0.15) is 5.75 Å². The molecular weight excluding hydrogens is 328 g/mol. The Kier molecular flexibility index (Phi) is 4.23. The number of nitrogens with zero attached hydrogens (tertiary/aromatic N) is 2. The number of nitrogens with one attached hydrogen (secondary N) is 2. The van der Waals surface area contributed by atoms with Gasteiger partial charge in [-0.2, -0.15) is 0 Å². The SMILES string of the molecule is CCOc1ccc(Nc2ncc3c(n2)-c2ccccc2NC(=O)C3)cc1. The molecule has 2 heterocycles. The fourth-order valence-electron chi connectivity index (χ4n) is 2.93. The molecule has 0 fully saturated rings. The Morgan fingerprint density at radius 1 is 1.15 bits per heavy atom. The normalized spacial score (nSPS) is 12.4. The first-order valence-corrected chi connectivity index (χ1v) is 8.48.